The SMILES string of the molecule is CCN(C(=O)c1cc(C)nc(NC(C)C)n1)c1cccc(C)c1. The van der Waals surface area contributed by atoms with Crippen molar-refractivity contribution in [2.24, 2.45) is 0 Å². The van der Waals surface area contributed by atoms with E-state index in [1.807, 2.05) is 58.9 Å². The highest BCUT2D eigenvalue weighted by Crippen LogP contribution is 2.19. The smallest absolute Gasteiger partial charge is 0.277 e. The van der Waals surface area contributed by atoms with E-state index in [-0.39, 0.29) is 11.9 Å². The maximum Gasteiger partial charge on any atom is 0.277 e. The van der Waals surface area contributed by atoms with Gasteiger partial charge in [-0.1, -0.05) is 12.1 Å². The van der Waals surface area contributed by atoms with Gasteiger partial charge in [0.2, 0.25) is 5.95 Å². The summed E-state index contributed by atoms with van der Waals surface area (Å²) in [5.74, 6) is 0.374. The molecule has 5 heteroatoms. The van der Waals surface area contributed by atoms with Crippen molar-refractivity contribution in [3.63, 3.8) is 0 Å². The standard InChI is InChI=1S/C18H24N4O/c1-6-22(15-9-7-8-13(4)10-15)17(23)16-11-14(5)20-18(21-16)19-12(2)3/h7-12H,6H2,1-5H3,(H,19,20,21). The number of hydrogen-bond acceptors (Lipinski definition) is 4. The van der Waals surface area contributed by atoms with Crippen LogP contribution >= 0.6 is 0 Å². The normalized spacial score (nSPS) is 10.7. The lowest BCUT2D eigenvalue weighted by molar-refractivity contribution is 0.0983. The van der Waals surface area contributed by atoms with E-state index in [1.165, 1.54) is 0 Å². The fourth-order valence-electron chi connectivity index (χ4n) is 2.38. The predicted molar refractivity (Wildman–Crippen MR) is 94.1 cm³/mol. The molecular formula is C18H24N4O. The predicted octanol–water partition coefficient (Wildman–Crippen LogP) is 3.58. The molecular weight excluding hydrogens is 288 g/mol. The van der Waals surface area contributed by atoms with Crippen LogP contribution in [0.15, 0.2) is 30.3 Å². The van der Waals surface area contributed by atoms with Crippen LogP contribution in [0.2, 0.25) is 0 Å². The molecule has 2 rings (SSSR count). The minimum Gasteiger partial charge on any atom is -0.352 e. The van der Waals surface area contributed by atoms with Gasteiger partial charge < -0.3 is 10.2 Å². The van der Waals surface area contributed by atoms with Gasteiger partial charge in [-0.2, -0.15) is 0 Å². The summed E-state index contributed by atoms with van der Waals surface area (Å²) < 4.78 is 0. The van der Waals surface area contributed by atoms with Gasteiger partial charge in [-0.25, -0.2) is 9.97 Å². The molecule has 0 saturated heterocycles. The lowest BCUT2D eigenvalue weighted by Gasteiger charge is -2.21. The van der Waals surface area contributed by atoms with Crippen LogP contribution in [0.1, 0.15) is 42.5 Å². The highest BCUT2D eigenvalue weighted by atomic mass is 16.2. The lowest BCUT2D eigenvalue weighted by Crippen LogP contribution is -2.31. The van der Waals surface area contributed by atoms with Crippen molar-refractivity contribution in [1.29, 1.82) is 0 Å². The molecule has 0 bridgehead atoms. The van der Waals surface area contributed by atoms with E-state index >= 15 is 0 Å². The number of hydrogen-bond donors (Lipinski definition) is 1. The Morgan fingerprint density at radius 3 is 2.57 bits per heavy atom. The molecule has 1 N–H and O–H groups in total. The van der Waals surface area contributed by atoms with Crippen LogP contribution in [0.5, 0.6) is 0 Å². The number of nitrogens with one attached hydrogen (secondary N) is 1. The van der Waals surface area contributed by atoms with Crippen molar-refractivity contribution in [2.75, 3.05) is 16.8 Å². The van der Waals surface area contributed by atoms with Crippen molar-refractivity contribution in [3.8, 4) is 0 Å². The van der Waals surface area contributed by atoms with E-state index < -0.39 is 0 Å². The fourth-order valence-corrected chi connectivity index (χ4v) is 2.38. The zero-order valence-electron chi connectivity index (χ0n) is 14.4. The van der Waals surface area contributed by atoms with E-state index in [4.69, 9.17) is 0 Å². The summed E-state index contributed by atoms with van der Waals surface area (Å²) in [4.78, 5) is 23.3. The van der Waals surface area contributed by atoms with Crippen LogP contribution < -0.4 is 10.2 Å². The highest BCUT2D eigenvalue weighted by molar-refractivity contribution is 6.05. The van der Waals surface area contributed by atoms with Gasteiger partial charge in [0.05, 0.1) is 0 Å². The Bertz CT molecular complexity index is 697. The Balaban J connectivity index is 2.36. The molecule has 0 aliphatic heterocycles. The third kappa shape index (κ3) is 4.28. The molecule has 1 heterocycles. The van der Waals surface area contributed by atoms with Gasteiger partial charge >= 0.3 is 0 Å². The van der Waals surface area contributed by atoms with Crippen molar-refractivity contribution in [1.82, 2.24) is 9.97 Å². The Kier molecular flexibility index (Phi) is 5.32. The molecule has 1 amide bonds. The Morgan fingerprint density at radius 2 is 1.96 bits per heavy atom. The molecule has 0 radical (unpaired) electrons. The average molecular weight is 312 g/mol. The van der Waals surface area contributed by atoms with Gasteiger partial charge in [0.25, 0.3) is 5.91 Å². The maximum atomic E-state index is 12.9. The van der Waals surface area contributed by atoms with Crippen LogP contribution in [0.4, 0.5) is 11.6 Å². The molecule has 23 heavy (non-hydrogen) atoms. The second-order valence-corrected chi connectivity index (χ2v) is 5.91. The monoisotopic (exact) mass is 312 g/mol. The average Bonchev–Trinajstić information content (AvgIpc) is 2.46. The van der Waals surface area contributed by atoms with E-state index in [0.717, 1.165) is 16.9 Å². The topological polar surface area (TPSA) is 58.1 Å². The third-order valence-electron chi connectivity index (χ3n) is 3.37. The molecule has 0 saturated carbocycles. The first-order valence-electron chi connectivity index (χ1n) is 7.91. The Labute approximate surface area is 137 Å². The highest BCUT2D eigenvalue weighted by Gasteiger charge is 2.19. The van der Waals surface area contributed by atoms with Gasteiger partial charge in [-0.15, -0.1) is 0 Å². The molecule has 0 atom stereocenters. The molecule has 1 aromatic heterocycles. The number of amides is 1. The molecule has 0 aliphatic carbocycles. The first-order chi connectivity index (χ1) is 10.9. The molecule has 122 valence electrons. The molecule has 5 nitrogen and oxygen atoms in total. The van der Waals surface area contributed by atoms with Crippen molar-refractivity contribution < 1.29 is 4.79 Å². The second-order valence-electron chi connectivity index (χ2n) is 5.91. The first kappa shape index (κ1) is 16.9. The zero-order chi connectivity index (χ0) is 17.0. The lowest BCUT2D eigenvalue weighted by atomic mass is 10.2. The quantitative estimate of drug-likeness (QED) is 0.917. The number of benzene rings is 1. The number of aryl methyl sites for hydroxylation is 2. The number of aromatic nitrogens is 2. The molecule has 0 fully saturated rings. The van der Waals surface area contributed by atoms with E-state index in [0.29, 0.717) is 18.2 Å². The molecule has 1 aromatic carbocycles. The van der Waals surface area contributed by atoms with Gasteiger partial charge in [-0.3, -0.25) is 4.79 Å². The minimum absolute atomic E-state index is 0.115. The Morgan fingerprint density at radius 1 is 1.22 bits per heavy atom. The van der Waals surface area contributed by atoms with Crippen molar-refractivity contribution >= 4 is 17.5 Å². The van der Waals surface area contributed by atoms with Gasteiger partial charge in [-0.05, 0) is 58.4 Å². The second kappa shape index (κ2) is 7.22. The Hall–Kier alpha value is -2.43. The van der Waals surface area contributed by atoms with Crippen LogP contribution in [-0.2, 0) is 0 Å². The summed E-state index contributed by atoms with van der Waals surface area (Å²) >= 11 is 0. The summed E-state index contributed by atoms with van der Waals surface area (Å²) in [5.41, 5.74) is 3.18. The van der Waals surface area contributed by atoms with Crippen LogP contribution in [0.25, 0.3) is 0 Å². The molecule has 0 unspecified atom stereocenters. The summed E-state index contributed by atoms with van der Waals surface area (Å²) in [5, 5.41) is 3.15. The van der Waals surface area contributed by atoms with Crippen molar-refractivity contribution in [2.45, 2.75) is 40.7 Å². The largest absolute Gasteiger partial charge is 0.352 e. The number of carbonyl (C=O) groups is 1. The number of rotatable bonds is 5. The first-order valence-corrected chi connectivity index (χ1v) is 7.91. The van der Waals surface area contributed by atoms with Gasteiger partial charge in [0, 0.05) is 24.0 Å². The third-order valence-corrected chi connectivity index (χ3v) is 3.37. The maximum absolute atomic E-state index is 12.9. The van der Waals surface area contributed by atoms with E-state index in [9.17, 15) is 4.79 Å². The summed E-state index contributed by atoms with van der Waals surface area (Å²) in [6, 6.07) is 9.85. The number of nitrogens with zero attached hydrogens (tertiary/aromatic N) is 3. The van der Waals surface area contributed by atoms with E-state index in [1.54, 1.807) is 11.0 Å². The minimum atomic E-state index is -0.115. The van der Waals surface area contributed by atoms with E-state index in [2.05, 4.69) is 15.3 Å². The summed E-state index contributed by atoms with van der Waals surface area (Å²) in [6.07, 6.45) is 0. The zero-order valence-corrected chi connectivity index (χ0v) is 14.4. The van der Waals surface area contributed by atoms with Crippen LogP contribution in [-0.4, -0.2) is 28.5 Å². The van der Waals surface area contributed by atoms with Crippen molar-refractivity contribution in [3.05, 3.63) is 47.3 Å². The summed E-state index contributed by atoms with van der Waals surface area (Å²) in [6.45, 7) is 10.4. The van der Waals surface area contributed by atoms with Crippen LogP contribution in [0.3, 0.4) is 0 Å². The van der Waals surface area contributed by atoms with Crippen LogP contribution in [0, 0.1) is 13.8 Å². The number of anilines is 2. The fraction of sp³-hybridized carbons (Fsp3) is 0.389. The number of carbonyl (C=O) groups excluding carboxylic acids is 1. The molecule has 0 spiro atoms. The molecule has 0 aliphatic rings. The molecule has 2 aromatic rings. The van der Waals surface area contributed by atoms with Gasteiger partial charge in [0.15, 0.2) is 0 Å². The summed E-state index contributed by atoms with van der Waals surface area (Å²) in [7, 11) is 0. The van der Waals surface area contributed by atoms with Gasteiger partial charge in [0.1, 0.15) is 5.69 Å².